The molecule has 1 aromatic carbocycles. The molecule has 1 aliphatic heterocycles. The van der Waals surface area contributed by atoms with Gasteiger partial charge in [0.15, 0.2) is 11.7 Å². The largest absolute Gasteiger partial charge is 0.394 e. The monoisotopic (exact) mass is 436 g/mol. The van der Waals surface area contributed by atoms with E-state index in [4.69, 9.17) is 17.2 Å². The van der Waals surface area contributed by atoms with Gasteiger partial charge in [-0.2, -0.15) is 0 Å². The molecule has 0 saturated heterocycles. The number of amides is 1. The highest BCUT2D eigenvalue weighted by atomic mass is 16.3. The van der Waals surface area contributed by atoms with Crippen molar-refractivity contribution < 1.29 is 34.8 Å². The van der Waals surface area contributed by atoms with Crippen molar-refractivity contribution in [3.63, 3.8) is 0 Å². The maximum absolute atomic E-state index is 12.9. The number of hydrogen-bond acceptors (Lipinski definition) is 12. The first-order valence-corrected chi connectivity index (χ1v) is 9.10. The second-order valence-corrected chi connectivity index (χ2v) is 6.64. The molecule has 1 amide bonds. The van der Waals surface area contributed by atoms with Crippen molar-refractivity contribution in [2.75, 3.05) is 19.8 Å². The number of Topliss-reactive ketones (excluding diaryl/α,β-unsaturated/α-hetero) is 2. The average molecular weight is 436 g/mol. The number of nitrogens with two attached hydrogens (primary N) is 3. The van der Waals surface area contributed by atoms with Gasteiger partial charge in [0.05, 0.1) is 31.9 Å². The Hall–Kier alpha value is -2.91. The van der Waals surface area contributed by atoms with Crippen LogP contribution in [0.5, 0.6) is 0 Å². The first kappa shape index (κ1) is 24.4. The predicted molar refractivity (Wildman–Crippen MR) is 107 cm³/mol. The summed E-state index contributed by atoms with van der Waals surface area (Å²) >= 11 is 0. The van der Waals surface area contributed by atoms with Gasteiger partial charge in [0, 0.05) is 5.56 Å². The van der Waals surface area contributed by atoms with Crippen molar-refractivity contribution >= 4 is 29.1 Å². The minimum absolute atomic E-state index is 0.177. The lowest BCUT2D eigenvalue weighted by Crippen LogP contribution is -2.69. The molecule has 1 aromatic rings. The van der Waals surface area contributed by atoms with E-state index in [1.807, 2.05) is 0 Å². The van der Waals surface area contributed by atoms with Gasteiger partial charge >= 0.3 is 5.85 Å². The van der Waals surface area contributed by atoms with E-state index in [0.717, 1.165) is 0 Å². The fourth-order valence-electron chi connectivity index (χ4n) is 2.65. The van der Waals surface area contributed by atoms with E-state index in [2.05, 4.69) is 9.98 Å². The molecule has 2 rings (SSSR count). The Bertz CT molecular complexity index is 906. The van der Waals surface area contributed by atoms with Crippen molar-refractivity contribution in [3.8, 4) is 0 Å². The molecule has 13 heteroatoms. The van der Waals surface area contributed by atoms with Crippen LogP contribution < -0.4 is 17.2 Å². The lowest BCUT2D eigenvalue weighted by molar-refractivity contribution is -0.165. The molecule has 0 aromatic heterocycles. The average Bonchev–Trinajstić information content (AvgIpc) is 2.80. The van der Waals surface area contributed by atoms with E-state index >= 15 is 0 Å². The van der Waals surface area contributed by atoms with Crippen LogP contribution in [0.1, 0.15) is 5.56 Å². The first-order valence-electron chi connectivity index (χ1n) is 9.10. The third-order valence-electron chi connectivity index (χ3n) is 4.38. The fourth-order valence-corrected chi connectivity index (χ4v) is 2.65. The summed E-state index contributed by atoms with van der Waals surface area (Å²) in [7, 11) is 0. The zero-order valence-electron chi connectivity index (χ0n) is 16.3. The quantitative estimate of drug-likeness (QED) is 0.195. The van der Waals surface area contributed by atoms with Crippen LogP contribution >= 0.6 is 0 Å². The van der Waals surface area contributed by atoms with Crippen LogP contribution in [-0.4, -0.2) is 98.3 Å². The zero-order chi connectivity index (χ0) is 23.3. The number of hydrogen-bond donors (Lipinski definition) is 7. The Kier molecular flexibility index (Phi) is 7.80. The number of rotatable bonds is 9. The Morgan fingerprint density at radius 3 is 2.00 bits per heavy atom. The Balaban J connectivity index is 2.80. The summed E-state index contributed by atoms with van der Waals surface area (Å²) < 4.78 is 0. The van der Waals surface area contributed by atoms with Gasteiger partial charge in [-0.15, -0.1) is 0 Å². The lowest BCUT2D eigenvalue weighted by atomic mass is 10.0. The second kappa shape index (κ2) is 9.93. The maximum Gasteiger partial charge on any atom is 0.310 e. The van der Waals surface area contributed by atoms with Crippen molar-refractivity contribution in [1.82, 2.24) is 4.90 Å². The highest BCUT2D eigenvalue weighted by Gasteiger charge is 2.54. The highest BCUT2D eigenvalue weighted by Crippen LogP contribution is 2.26. The SMILES string of the molecule is N[C@@H](CO)C(=O)C1=NC(c2ccccc2)=NC(O)(C(=O)[C@@H](N)CO)N1C(=O)[C@@H](N)CO. The van der Waals surface area contributed by atoms with E-state index < -0.39 is 67.1 Å². The first-order chi connectivity index (χ1) is 14.6. The molecule has 0 aliphatic carbocycles. The Labute approximate surface area is 176 Å². The zero-order valence-corrected chi connectivity index (χ0v) is 16.3. The van der Waals surface area contributed by atoms with Crippen LogP contribution in [-0.2, 0) is 14.4 Å². The topological polar surface area (TPSA) is 238 Å². The fraction of sp³-hybridized carbons (Fsp3) is 0.389. The molecule has 1 unspecified atom stereocenters. The molecule has 31 heavy (non-hydrogen) atoms. The van der Waals surface area contributed by atoms with Gasteiger partial charge in [0.1, 0.15) is 6.04 Å². The smallest absolute Gasteiger partial charge is 0.310 e. The van der Waals surface area contributed by atoms with Crippen molar-refractivity contribution in [2.45, 2.75) is 24.0 Å². The van der Waals surface area contributed by atoms with Crippen molar-refractivity contribution in [2.24, 2.45) is 27.2 Å². The number of amidine groups is 2. The van der Waals surface area contributed by atoms with Gasteiger partial charge in [0.25, 0.3) is 5.91 Å². The summed E-state index contributed by atoms with van der Waals surface area (Å²) in [6.07, 6.45) is 0. The van der Waals surface area contributed by atoms with Gasteiger partial charge in [-0.05, 0) is 0 Å². The number of ketones is 2. The highest BCUT2D eigenvalue weighted by molar-refractivity contribution is 6.46. The molecule has 4 atom stereocenters. The number of carbonyl (C=O) groups is 3. The molecule has 13 nitrogen and oxygen atoms in total. The molecular formula is C18H24N6O7. The molecule has 1 heterocycles. The summed E-state index contributed by atoms with van der Waals surface area (Å²) in [4.78, 5) is 46.5. The molecule has 10 N–H and O–H groups in total. The third kappa shape index (κ3) is 4.72. The van der Waals surface area contributed by atoms with Gasteiger partial charge in [-0.1, -0.05) is 30.3 Å². The van der Waals surface area contributed by atoms with Crippen molar-refractivity contribution in [3.05, 3.63) is 35.9 Å². The second-order valence-electron chi connectivity index (χ2n) is 6.64. The van der Waals surface area contributed by atoms with Crippen molar-refractivity contribution in [1.29, 1.82) is 0 Å². The van der Waals surface area contributed by atoms with Crippen LogP contribution in [0, 0.1) is 0 Å². The van der Waals surface area contributed by atoms with Crippen LogP contribution in [0.2, 0.25) is 0 Å². The van der Waals surface area contributed by atoms with E-state index in [0.29, 0.717) is 0 Å². The summed E-state index contributed by atoms with van der Waals surface area (Å²) in [6, 6.07) is 2.91. The van der Waals surface area contributed by atoms with Gasteiger partial charge in [0.2, 0.25) is 11.6 Å². The number of nitrogens with zero attached hydrogens (tertiary/aromatic N) is 3. The number of aliphatic hydroxyl groups excluding tert-OH is 3. The minimum atomic E-state index is -3.14. The molecular weight excluding hydrogens is 412 g/mol. The molecule has 0 bridgehead atoms. The van der Waals surface area contributed by atoms with Crippen LogP contribution in [0.15, 0.2) is 40.3 Å². The molecule has 0 fully saturated rings. The van der Waals surface area contributed by atoms with E-state index in [1.165, 1.54) is 12.1 Å². The Morgan fingerprint density at radius 2 is 1.48 bits per heavy atom. The molecule has 0 saturated carbocycles. The normalized spacial score (nSPS) is 21.6. The van der Waals surface area contributed by atoms with Gasteiger partial charge < -0.3 is 37.6 Å². The number of aliphatic imine (C=N–C) groups is 2. The number of carbonyl (C=O) groups excluding carboxylic acids is 3. The van der Waals surface area contributed by atoms with E-state index in [1.54, 1.807) is 18.2 Å². The van der Waals surface area contributed by atoms with Gasteiger partial charge in [-0.3, -0.25) is 14.4 Å². The molecule has 0 radical (unpaired) electrons. The van der Waals surface area contributed by atoms with Crippen LogP contribution in [0.4, 0.5) is 0 Å². The number of benzene rings is 1. The molecule has 1 aliphatic rings. The summed E-state index contributed by atoms with van der Waals surface area (Å²) in [5.74, 6) is -8.06. The predicted octanol–water partition coefficient (Wildman–Crippen LogP) is -4.58. The van der Waals surface area contributed by atoms with Crippen LogP contribution in [0.3, 0.4) is 0 Å². The summed E-state index contributed by atoms with van der Waals surface area (Å²) in [5, 5.41) is 39.1. The minimum Gasteiger partial charge on any atom is -0.394 e. The summed E-state index contributed by atoms with van der Waals surface area (Å²) in [5.41, 5.74) is 17.0. The molecule has 0 spiro atoms. The number of aliphatic hydroxyl groups is 4. The maximum atomic E-state index is 12.9. The summed E-state index contributed by atoms with van der Waals surface area (Å²) in [6.45, 7) is -2.66. The third-order valence-corrected chi connectivity index (χ3v) is 4.38. The van der Waals surface area contributed by atoms with Gasteiger partial charge in [-0.25, -0.2) is 14.9 Å². The van der Waals surface area contributed by atoms with Crippen LogP contribution in [0.25, 0.3) is 0 Å². The lowest BCUT2D eigenvalue weighted by Gasteiger charge is -2.40. The van der Waals surface area contributed by atoms with E-state index in [-0.39, 0.29) is 16.3 Å². The van der Waals surface area contributed by atoms with E-state index in [9.17, 15) is 34.8 Å². The molecule has 168 valence electrons. The standard InChI is InChI=1S/C18H24N6O7/c19-10(6-25)13(28)16-22-15(9-4-2-1-3-5-9)23-18(31,14(29)11(20)7-26)24(16)17(30)12(21)8-27/h1-5,10-12,25-27,31H,6-8,19-21H2/t10-,11-,12-,18?/m0/s1. The Morgan fingerprint density at radius 1 is 0.935 bits per heavy atom.